The van der Waals surface area contributed by atoms with Gasteiger partial charge < -0.3 is 23.4 Å². The lowest BCUT2D eigenvalue weighted by atomic mass is 9.76. The van der Waals surface area contributed by atoms with E-state index in [9.17, 15) is 0 Å². The summed E-state index contributed by atoms with van der Waals surface area (Å²) in [5, 5.41) is 0. The van der Waals surface area contributed by atoms with Crippen LogP contribution in [0.4, 0.5) is 0 Å². The number of benzene rings is 2. The molecular formula is C24H33O5Si. The minimum Gasteiger partial charge on any atom is -0.543 e. The zero-order valence-corrected chi connectivity index (χ0v) is 19.5. The van der Waals surface area contributed by atoms with Gasteiger partial charge in [-0.3, -0.25) is 0 Å². The third-order valence-electron chi connectivity index (χ3n) is 5.50. The molecule has 1 fully saturated rings. The molecule has 0 amide bonds. The smallest absolute Gasteiger partial charge is 0.274 e. The van der Waals surface area contributed by atoms with Gasteiger partial charge in [0.2, 0.25) is 0 Å². The van der Waals surface area contributed by atoms with Crippen molar-refractivity contribution in [2.75, 3.05) is 27.8 Å². The minimum atomic E-state index is -0.717. The quantitative estimate of drug-likeness (QED) is 0.357. The lowest BCUT2D eigenvalue weighted by molar-refractivity contribution is 0.0453. The minimum absolute atomic E-state index is 0.219. The molecular weight excluding hydrogens is 396 g/mol. The van der Waals surface area contributed by atoms with Crippen molar-refractivity contribution < 1.29 is 23.4 Å². The molecule has 30 heavy (non-hydrogen) atoms. The highest BCUT2D eigenvalue weighted by Gasteiger charge is 2.26. The summed E-state index contributed by atoms with van der Waals surface area (Å²) in [7, 11) is 2.53. The lowest BCUT2D eigenvalue weighted by Crippen LogP contribution is -2.14. The van der Waals surface area contributed by atoms with Gasteiger partial charge in [-0.15, -0.1) is 0 Å². The Labute approximate surface area is 182 Å². The summed E-state index contributed by atoms with van der Waals surface area (Å²) in [6.07, 6.45) is 4.63. The van der Waals surface area contributed by atoms with E-state index >= 15 is 0 Å². The van der Waals surface area contributed by atoms with Crippen molar-refractivity contribution in [3.8, 4) is 17.2 Å². The fraction of sp³-hybridized carbons (Fsp3) is 0.500. The predicted octanol–water partition coefficient (Wildman–Crippen LogP) is 5.72. The second-order valence-corrected chi connectivity index (χ2v) is 9.95. The van der Waals surface area contributed by atoms with Crippen LogP contribution in [0.15, 0.2) is 42.5 Å². The number of hydrogen-bond donors (Lipinski definition) is 0. The van der Waals surface area contributed by atoms with E-state index < -0.39 is 9.04 Å². The lowest BCUT2D eigenvalue weighted by Gasteiger charge is -2.30. The normalized spacial score (nSPS) is 19.0. The Morgan fingerprint density at radius 1 is 0.767 bits per heavy atom. The first-order valence-corrected chi connectivity index (χ1v) is 13.0. The summed E-state index contributed by atoms with van der Waals surface area (Å²) >= 11 is 0. The van der Waals surface area contributed by atoms with Crippen LogP contribution in [-0.2, 0) is 9.47 Å². The third kappa shape index (κ3) is 6.24. The number of rotatable bonds is 10. The molecule has 163 valence electrons. The summed E-state index contributed by atoms with van der Waals surface area (Å²) in [4.78, 5) is 0. The molecule has 0 saturated heterocycles. The molecule has 0 spiro atoms. The highest BCUT2D eigenvalue weighted by atomic mass is 28.3. The van der Waals surface area contributed by atoms with Gasteiger partial charge in [-0.1, -0.05) is 18.2 Å². The second kappa shape index (κ2) is 11.4. The van der Waals surface area contributed by atoms with E-state index in [0.29, 0.717) is 11.8 Å². The van der Waals surface area contributed by atoms with Crippen molar-refractivity contribution >= 4 is 9.04 Å². The Bertz CT molecular complexity index is 770. The molecule has 2 aromatic rings. The van der Waals surface area contributed by atoms with Crippen LogP contribution in [0.2, 0.25) is 13.1 Å². The van der Waals surface area contributed by atoms with E-state index in [1.54, 1.807) is 14.2 Å². The van der Waals surface area contributed by atoms with E-state index in [0.717, 1.165) is 30.1 Å². The first-order chi connectivity index (χ1) is 14.6. The van der Waals surface area contributed by atoms with Crippen LogP contribution in [0, 0.1) is 0 Å². The summed E-state index contributed by atoms with van der Waals surface area (Å²) in [6.45, 7) is 4.75. The molecule has 6 heteroatoms. The topological polar surface area (TPSA) is 46.2 Å². The van der Waals surface area contributed by atoms with Crippen LogP contribution in [0.1, 0.15) is 48.6 Å². The highest BCUT2D eigenvalue weighted by molar-refractivity contribution is 6.49. The van der Waals surface area contributed by atoms with Gasteiger partial charge in [0, 0.05) is 20.3 Å². The second-order valence-electron chi connectivity index (χ2n) is 7.93. The maximum atomic E-state index is 5.87. The van der Waals surface area contributed by atoms with E-state index in [1.807, 2.05) is 12.1 Å². The molecule has 0 heterocycles. The van der Waals surface area contributed by atoms with Gasteiger partial charge in [-0.05, 0) is 79.9 Å². The highest BCUT2D eigenvalue weighted by Crippen LogP contribution is 2.44. The monoisotopic (exact) mass is 429 g/mol. The Morgan fingerprint density at radius 3 is 2.00 bits per heavy atom. The molecule has 0 unspecified atom stereocenters. The van der Waals surface area contributed by atoms with Gasteiger partial charge in [0.05, 0.1) is 0 Å². The summed E-state index contributed by atoms with van der Waals surface area (Å²) < 4.78 is 27.4. The van der Waals surface area contributed by atoms with Crippen molar-refractivity contribution in [2.24, 2.45) is 0 Å². The molecule has 0 aromatic heterocycles. The molecule has 0 N–H and O–H groups in total. The fourth-order valence-electron chi connectivity index (χ4n) is 4.10. The van der Waals surface area contributed by atoms with Crippen LogP contribution in [-0.4, -0.2) is 36.8 Å². The predicted molar refractivity (Wildman–Crippen MR) is 120 cm³/mol. The molecule has 1 saturated carbocycles. The molecule has 1 radical (unpaired) electrons. The summed E-state index contributed by atoms with van der Waals surface area (Å²) in [5.41, 5.74) is 2.65. The average Bonchev–Trinajstić information content (AvgIpc) is 2.76. The Morgan fingerprint density at radius 2 is 1.37 bits per heavy atom. The molecule has 0 bridgehead atoms. The van der Waals surface area contributed by atoms with E-state index in [2.05, 4.69) is 43.4 Å². The number of hydrogen-bond acceptors (Lipinski definition) is 5. The van der Waals surface area contributed by atoms with Crippen LogP contribution >= 0.6 is 0 Å². The van der Waals surface area contributed by atoms with Crippen LogP contribution in [0.5, 0.6) is 17.2 Å². The van der Waals surface area contributed by atoms with Crippen LogP contribution in [0.25, 0.3) is 0 Å². The Balaban J connectivity index is 1.64. The van der Waals surface area contributed by atoms with Crippen molar-refractivity contribution in [3.05, 3.63) is 53.6 Å². The Hall–Kier alpha value is -2.02. The van der Waals surface area contributed by atoms with E-state index in [4.69, 9.17) is 23.4 Å². The molecule has 2 aromatic carbocycles. The number of methoxy groups -OCH3 is 2. The standard InChI is InChI=1S/C24H33O5Si/c1-25-16-27-22-13-14-23(24(15-22)28-17-26-2)20-7-5-18(6-8-20)19-9-11-21(12-10-19)29-30(3)4/h9-15,18,20H,5-8,16-17H2,1-4H3. The van der Waals surface area contributed by atoms with Gasteiger partial charge in [0.1, 0.15) is 17.2 Å². The molecule has 5 nitrogen and oxygen atoms in total. The first kappa shape index (κ1) is 22.7. The molecule has 0 atom stereocenters. The van der Waals surface area contributed by atoms with E-state index in [1.165, 1.54) is 24.0 Å². The third-order valence-corrected chi connectivity index (χ3v) is 6.15. The van der Waals surface area contributed by atoms with Crippen molar-refractivity contribution in [2.45, 2.75) is 50.6 Å². The molecule has 1 aliphatic carbocycles. The van der Waals surface area contributed by atoms with Crippen LogP contribution < -0.4 is 13.9 Å². The SMILES string of the molecule is COCOc1ccc(C2CCC(c3ccc(O[Si](C)C)cc3)CC2)c(OCOC)c1. The van der Waals surface area contributed by atoms with Gasteiger partial charge in [-0.2, -0.15) is 0 Å². The largest absolute Gasteiger partial charge is 0.543 e. The molecule has 1 aliphatic rings. The Kier molecular flexibility index (Phi) is 8.60. The van der Waals surface area contributed by atoms with Crippen molar-refractivity contribution in [1.82, 2.24) is 0 Å². The zero-order chi connectivity index (χ0) is 21.3. The van der Waals surface area contributed by atoms with Gasteiger partial charge in [0.15, 0.2) is 13.6 Å². The number of ether oxygens (including phenoxy) is 4. The van der Waals surface area contributed by atoms with E-state index in [-0.39, 0.29) is 13.6 Å². The summed E-state index contributed by atoms with van der Waals surface area (Å²) in [5.74, 6) is 3.66. The first-order valence-electron chi connectivity index (χ1n) is 10.6. The fourth-order valence-corrected chi connectivity index (χ4v) is 4.71. The zero-order valence-electron chi connectivity index (χ0n) is 18.5. The van der Waals surface area contributed by atoms with Gasteiger partial charge in [-0.25, -0.2) is 0 Å². The van der Waals surface area contributed by atoms with Crippen LogP contribution in [0.3, 0.4) is 0 Å². The van der Waals surface area contributed by atoms with Crippen molar-refractivity contribution in [3.63, 3.8) is 0 Å². The molecule has 0 aliphatic heterocycles. The maximum Gasteiger partial charge on any atom is 0.274 e. The van der Waals surface area contributed by atoms with Gasteiger partial charge >= 0.3 is 0 Å². The molecule has 3 rings (SSSR count). The maximum absolute atomic E-state index is 5.87. The average molecular weight is 430 g/mol. The van der Waals surface area contributed by atoms with Crippen molar-refractivity contribution in [1.29, 1.82) is 0 Å². The van der Waals surface area contributed by atoms with Gasteiger partial charge in [0.25, 0.3) is 9.04 Å². The summed E-state index contributed by atoms with van der Waals surface area (Å²) in [6, 6.07) is 14.8.